The predicted molar refractivity (Wildman–Crippen MR) is 135 cm³/mol. The van der Waals surface area contributed by atoms with Gasteiger partial charge in [-0.3, -0.25) is 9.69 Å². The van der Waals surface area contributed by atoms with Crippen LogP contribution in [0.2, 0.25) is 10.0 Å². The van der Waals surface area contributed by atoms with Gasteiger partial charge in [0.2, 0.25) is 0 Å². The first-order chi connectivity index (χ1) is 14.4. The Balaban J connectivity index is 0.00000341. The van der Waals surface area contributed by atoms with Gasteiger partial charge in [-0.25, -0.2) is 0 Å². The average molecular weight is 473 g/mol. The average Bonchev–Trinajstić information content (AvgIpc) is 2.73. The van der Waals surface area contributed by atoms with Crippen LogP contribution in [0.4, 0.5) is 0 Å². The van der Waals surface area contributed by atoms with Crippen LogP contribution in [-0.4, -0.2) is 24.3 Å². The summed E-state index contributed by atoms with van der Waals surface area (Å²) in [5.74, 6) is -0.105. The van der Waals surface area contributed by atoms with Crippen LogP contribution in [0.3, 0.4) is 0 Å². The Kier molecular flexibility index (Phi) is 9.54. The number of hydrogen-bond acceptors (Lipinski definition) is 2. The topological polar surface area (TPSA) is 20.3 Å². The molecule has 0 saturated heterocycles. The van der Waals surface area contributed by atoms with E-state index in [0.29, 0.717) is 27.7 Å². The minimum Gasteiger partial charge on any atom is -0.298 e. The number of carbonyl (C=O) groups is 1. The molecule has 0 aromatic heterocycles. The zero-order valence-corrected chi connectivity index (χ0v) is 19.6. The molecule has 0 radical (unpaired) electrons. The molecule has 0 atom stereocenters. The van der Waals surface area contributed by atoms with E-state index in [1.165, 1.54) is 5.56 Å². The number of benzene rings is 3. The van der Waals surface area contributed by atoms with Gasteiger partial charge in [-0.1, -0.05) is 84.4 Å². The Morgan fingerprint density at radius 1 is 0.935 bits per heavy atom. The number of nitrogens with zero attached hydrogens (tertiary/aromatic N) is 1. The Morgan fingerprint density at radius 3 is 2.26 bits per heavy atom. The maximum Gasteiger partial charge on any atom is 0.190 e. The summed E-state index contributed by atoms with van der Waals surface area (Å²) in [6, 6.07) is 24.8. The van der Waals surface area contributed by atoms with E-state index >= 15 is 0 Å². The molecule has 160 valence electrons. The second-order valence-corrected chi connectivity index (χ2v) is 8.08. The smallest absolute Gasteiger partial charge is 0.190 e. The number of rotatable bonds is 8. The van der Waals surface area contributed by atoms with Gasteiger partial charge in [0.25, 0.3) is 0 Å². The van der Waals surface area contributed by atoms with E-state index in [1.54, 1.807) is 24.3 Å². The van der Waals surface area contributed by atoms with Crippen molar-refractivity contribution in [2.45, 2.75) is 6.54 Å². The van der Waals surface area contributed by atoms with E-state index in [-0.39, 0.29) is 18.2 Å². The molecule has 0 spiro atoms. The van der Waals surface area contributed by atoms with Gasteiger partial charge >= 0.3 is 0 Å². The fraction of sp³-hybridized carbons (Fsp3) is 0.115. The quantitative estimate of drug-likeness (QED) is 0.255. The van der Waals surface area contributed by atoms with Crippen molar-refractivity contribution < 1.29 is 4.79 Å². The van der Waals surface area contributed by atoms with Gasteiger partial charge in [0, 0.05) is 34.3 Å². The van der Waals surface area contributed by atoms with Crippen LogP contribution < -0.4 is 0 Å². The lowest BCUT2D eigenvalue weighted by Gasteiger charge is -2.19. The van der Waals surface area contributed by atoms with Crippen molar-refractivity contribution in [3.63, 3.8) is 0 Å². The molecule has 0 N–H and O–H groups in total. The summed E-state index contributed by atoms with van der Waals surface area (Å²) >= 11 is 12.2. The summed E-state index contributed by atoms with van der Waals surface area (Å²) in [6.45, 7) is 5.28. The first-order valence-corrected chi connectivity index (χ1v) is 10.4. The predicted octanol–water partition coefficient (Wildman–Crippen LogP) is 7.21. The number of carbonyl (C=O) groups excluding carboxylic acids is 1. The largest absolute Gasteiger partial charge is 0.298 e. The molecule has 0 bridgehead atoms. The summed E-state index contributed by atoms with van der Waals surface area (Å²) < 4.78 is 0. The fourth-order valence-corrected chi connectivity index (χ4v) is 3.52. The molecule has 0 unspecified atom stereocenters. The molecule has 0 amide bonds. The van der Waals surface area contributed by atoms with Gasteiger partial charge in [-0.15, -0.1) is 12.4 Å². The third-order valence-corrected chi connectivity index (χ3v) is 5.13. The van der Waals surface area contributed by atoms with Crippen LogP contribution >= 0.6 is 35.6 Å². The Labute approximate surface area is 200 Å². The lowest BCUT2D eigenvalue weighted by molar-refractivity contribution is -0.110. The molecule has 31 heavy (non-hydrogen) atoms. The van der Waals surface area contributed by atoms with Gasteiger partial charge in [0.1, 0.15) is 0 Å². The fourth-order valence-electron chi connectivity index (χ4n) is 3.20. The van der Waals surface area contributed by atoms with E-state index in [9.17, 15) is 4.79 Å². The van der Waals surface area contributed by atoms with Gasteiger partial charge in [0.05, 0.1) is 0 Å². The number of ketones is 1. The monoisotopic (exact) mass is 471 g/mol. The summed E-state index contributed by atoms with van der Waals surface area (Å²) in [5, 5.41) is 1.23. The first kappa shape index (κ1) is 24.9. The van der Waals surface area contributed by atoms with Gasteiger partial charge in [-0.2, -0.15) is 0 Å². The molecule has 3 rings (SSSR count). The van der Waals surface area contributed by atoms with Crippen LogP contribution in [0.15, 0.2) is 91.0 Å². The highest BCUT2D eigenvalue weighted by atomic mass is 35.5. The number of Topliss-reactive ketones (excluding diaryl/α,β-unsaturated/α-hetero) is 1. The van der Waals surface area contributed by atoms with Crippen LogP contribution in [0.5, 0.6) is 0 Å². The molecule has 5 heteroatoms. The Morgan fingerprint density at radius 2 is 1.61 bits per heavy atom. The van der Waals surface area contributed by atoms with Gasteiger partial charge in [-0.05, 0) is 54.1 Å². The van der Waals surface area contributed by atoms with E-state index in [2.05, 4.69) is 23.6 Å². The van der Waals surface area contributed by atoms with E-state index in [4.69, 9.17) is 23.2 Å². The highest BCUT2D eigenvalue weighted by molar-refractivity contribution is 6.34. The van der Waals surface area contributed by atoms with Crippen molar-refractivity contribution in [3.05, 3.63) is 118 Å². The zero-order chi connectivity index (χ0) is 21.5. The highest BCUT2D eigenvalue weighted by Crippen LogP contribution is 2.25. The molecule has 0 fully saturated rings. The molecule has 0 saturated carbocycles. The SMILES string of the molecule is C=C(CN(C)Cc1ccccc1)C(=O)/C(=C/c1ccc(Cl)cc1)c1cccc(Cl)c1.Cl. The second-order valence-electron chi connectivity index (χ2n) is 7.21. The molecule has 0 aliphatic carbocycles. The van der Waals surface area contributed by atoms with E-state index < -0.39 is 0 Å². The number of likely N-dealkylation sites (N-methyl/N-ethyl adjacent to an activating group) is 1. The summed E-state index contributed by atoms with van der Waals surface area (Å²) in [4.78, 5) is 15.4. The maximum absolute atomic E-state index is 13.4. The molecule has 3 aromatic carbocycles. The number of halogens is 3. The lowest BCUT2D eigenvalue weighted by Crippen LogP contribution is -2.23. The standard InChI is InChI=1S/C26H23Cl2NO.ClH/c1-19(17-29(2)18-21-7-4-3-5-8-21)26(30)25(22-9-6-10-24(28)16-22)15-20-11-13-23(27)14-12-20;/h3-16H,1,17-18H2,2H3;1H/b25-15+;. The molecule has 0 aliphatic rings. The van der Waals surface area contributed by atoms with Gasteiger partial charge < -0.3 is 0 Å². The third kappa shape index (κ3) is 7.37. The van der Waals surface area contributed by atoms with Crippen molar-refractivity contribution in [2.24, 2.45) is 0 Å². The van der Waals surface area contributed by atoms with E-state index in [0.717, 1.165) is 17.7 Å². The molecular formula is C26H24Cl3NO. The minimum atomic E-state index is -0.105. The normalized spacial score (nSPS) is 11.2. The number of hydrogen-bond donors (Lipinski definition) is 0. The van der Waals surface area contributed by atoms with Crippen LogP contribution in [-0.2, 0) is 11.3 Å². The molecule has 3 aromatic rings. The summed E-state index contributed by atoms with van der Waals surface area (Å²) in [7, 11) is 1.98. The van der Waals surface area contributed by atoms with Crippen molar-refractivity contribution >= 4 is 53.0 Å². The van der Waals surface area contributed by atoms with Crippen LogP contribution in [0, 0.1) is 0 Å². The highest BCUT2D eigenvalue weighted by Gasteiger charge is 2.17. The van der Waals surface area contributed by atoms with Crippen molar-refractivity contribution in [1.82, 2.24) is 4.90 Å². The minimum absolute atomic E-state index is 0. The van der Waals surface area contributed by atoms with Crippen molar-refractivity contribution in [3.8, 4) is 0 Å². The lowest BCUT2D eigenvalue weighted by atomic mass is 9.95. The maximum atomic E-state index is 13.4. The molecular weight excluding hydrogens is 449 g/mol. The second kappa shape index (κ2) is 11.9. The van der Waals surface area contributed by atoms with Crippen LogP contribution in [0.25, 0.3) is 11.6 Å². The molecule has 0 heterocycles. The third-order valence-electron chi connectivity index (χ3n) is 4.64. The van der Waals surface area contributed by atoms with Crippen molar-refractivity contribution in [1.29, 1.82) is 0 Å². The number of allylic oxidation sites excluding steroid dienone is 1. The van der Waals surface area contributed by atoms with Gasteiger partial charge in [0.15, 0.2) is 5.78 Å². The Bertz CT molecular complexity index is 1060. The van der Waals surface area contributed by atoms with E-state index in [1.807, 2.05) is 55.6 Å². The summed E-state index contributed by atoms with van der Waals surface area (Å²) in [6.07, 6.45) is 1.85. The summed E-state index contributed by atoms with van der Waals surface area (Å²) in [5.41, 5.74) is 3.90. The zero-order valence-electron chi connectivity index (χ0n) is 17.2. The first-order valence-electron chi connectivity index (χ1n) is 9.60. The Hall–Kier alpha value is -2.36. The van der Waals surface area contributed by atoms with Crippen LogP contribution in [0.1, 0.15) is 16.7 Å². The molecule has 0 aliphatic heterocycles. The molecule has 2 nitrogen and oxygen atoms in total. The van der Waals surface area contributed by atoms with Crippen molar-refractivity contribution in [2.75, 3.05) is 13.6 Å².